The van der Waals surface area contributed by atoms with Crippen molar-refractivity contribution in [3.8, 4) is 5.75 Å². The van der Waals surface area contributed by atoms with Crippen molar-refractivity contribution < 1.29 is 9.53 Å². The third-order valence-corrected chi connectivity index (χ3v) is 3.25. The molecule has 1 aromatic rings. The lowest BCUT2D eigenvalue weighted by Gasteiger charge is -2.19. The van der Waals surface area contributed by atoms with Crippen LogP contribution in [-0.4, -0.2) is 30.5 Å². The first-order valence-electron chi connectivity index (χ1n) is 6.22. The smallest absolute Gasteiger partial charge is 0.260 e. The second-order valence-electron chi connectivity index (χ2n) is 5.59. The standard InChI is InChI=1S/C14H20N2O2/c1-14(2)6-7-16(10-14)13(17)9-18-12-5-3-4-11(15)8-12/h3-5,8H,6-7,9-10,15H2,1-2H3. The monoisotopic (exact) mass is 248 g/mol. The average Bonchev–Trinajstić information content (AvgIpc) is 2.67. The maximum absolute atomic E-state index is 12.0. The van der Waals surface area contributed by atoms with E-state index in [0.29, 0.717) is 11.4 Å². The first kappa shape index (κ1) is 12.7. The van der Waals surface area contributed by atoms with Crippen molar-refractivity contribution in [3.05, 3.63) is 24.3 Å². The molecule has 98 valence electrons. The predicted octanol–water partition coefficient (Wildman–Crippen LogP) is 1.91. The van der Waals surface area contributed by atoms with Crippen LogP contribution in [0.3, 0.4) is 0 Å². The van der Waals surface area contributed by atoms with Crippen LogP contribution in [0.4, 0.5) is 5.69 Å². The summed E-state index contributed by atoms with van der Waals surface area (Å²) in [7, 11) is 0. The Balaban J connectivity index is 1.86. The van der Waals surface area contributed by atoms with E-state index in [1.807, 2.05) is 11.0 Å². The second-order valence-corrected chi connectivity index (χ2v) is 5.59. The van der Waals surface area contributed by atoms with Gasteiger partial charge in [0.15, 0.2) is 6.61 Å². The Bertz CT molecular complexity index is 443. The molecule has 0 bridgehead atoms. The van der Waals surface area contributed by atoms with Gasteiger partial charge in [-0.1, -0.05) is 19.9 Å². The number of ether oxygens (including phenoxy) is 1. The summed E-state index contributed by atoms with van der Waals surface area (Å²) < 4.78 is 5.46. The number of rotatable bonds is 3. The number of carbonyl (C=O) groups excluding carboxylic acids is 1. The van der Waals surface area contributed by atoms with E-state index in [1.54, 1.807) is 18.2 Å². The number of benzene rings is 1. The summed E-state index contributed by atoms with van der Waals surface area (Å²) in [5, 5.41) is 0. The van der Waals surface area contributed by atoms with E-state index in [0.717, 1.165) is 19.5 Å². The number of hydrogen-bond donors (Lipinski definition) is 1. The molecule has 0 unspecified atom stereocenters. The molecule has 1 aliphatic heterocycles. The molecule has 0 atom stereocenters. The van der Waals surface area contributed by atoms with Gasteiger partial charge < -0.3 is 15.4 Å². The summed E-state index contributed by atoms with van der Waals surface area (Å²) in [6.45, 7) is 6.08. The molecule has 2 rings (SSSR count). The van der Waals surface area contributed by atoms with Crippen LogP contribution in [0.1, 0.15) is 20.3 Å². The highest BCUT2D eigenvalue weighted by molar-refractivity contribution is 5.78. The zero-order valence-corrected chi connectivity index (χ0v) is 11.0. The zero-order valence-electron chi connectivity index (χ0n) is 11.0. The topological polar surface area (TPSA) is 55.6 Å². The maximum Gasteiger partial charge on any atom is 0.260 e. The lowest BCUT2D eigenvalue weighted by atomic mass is 9.93. The minimum absolute atomic E-state index is 0.0444. The normalized spacial score (nSPS) is 17.8. The third-order valence-electron chi connectivity index (χ3n) is 3.25. The van der Waals surface area contributed by atoms with E-state index in [2.05, 4.69) is 13.8 Å². The van der Waals surface area contributed by atoms with E-state index >= 15 is 0 Å². The van der Waals surface area contributed by atoms with Crippen molar-refractivity contribution in [3.63, 3.8) is 0 Å². The number of nitrogen functional groups attached to an aromatic ring is 1. The van der Waals surface area contributed by atoms with Crippen molar-refractivity contribution in [2.75, 3.05) is 25.4 Å². The number of nitrogens with two attached hydrogens (primary N) is 1. The fourth-order valence-corrected chi connectivity index (χ4v) is 2.17. The van der Waals surface area contributed by atoms with E-state index in [-0.39, 0.29) is 17.9 Å². The molecule has 1 saturated heterocycles. The van der Waals surface area contributed by atoms with Gasteiger partial charge in [-0.05, 0) is 24.0 Å². The summed E-state index contributed by atoms with van der Waals surface area (Å²) >= 11 is 0. The summed E-state index contributed by atoms with van der Waals surface area (Å²) in [5.41, 5.74) is 6.52. The lowest BCUT2D eigenvalue weighted by molar-refractivity contribution is -0.132. The van der Waals surface area contributed by atoms with Crippen LogP contribution < -0.4 is 10.5 Å². The number of hydrogen-bond acceptors (Lipinski definition) is 3. The highest BCUT2D eigenvalue weighted by atomic mass is 16.5. The van der Waals surface area contributed by atoms with Gasteiger partial charge >= 0.3 is 0 Å². The van der Waals surface area contributed by atoms with E-state index in [9.17, 15) is 4.79 Å². The first-order chi connectivity index (χ1) is 8.46. The molecule has 1 heterocycles. The largest absolute Gasteiger partial charge is 0.484 e. The molecule has 0 aliphatic carbocycles. The Hall–Kier alpha value is -1.71. The van der Waals surface area contributed by atoms with Crippen molar-refractivity contribution >= 4 is 11.6 Å². The number of carbonyl (C=O) groups is 1. The molecule has 1 amide bonds. The Labute approximate surface area is 108 Å². The van der Waals surface area contributed by atoms with Gasteiger partial charge in [-0.25, -0.2) is 0 Å². The van der Waals surface area contributed by atoms with Gasteiger partial charge in [0.25, 0.3) is 5.91 Å². The molecule has 0 radical (unpaired) electrons. The maximum atomic E-state index is 12.0. The summed E-state index contributed by atoms with van der Waals surface area (Å²) in [4.78, 5) is 13.8. The van der Waals surface area contributed by atoms with Gasteiger partial charge in [0, 0.05) is 24.8 Å². The van der Waals surface area contributed by atoms with Gasteiger partial charge in [0.2, 0.25) is 0 Å². The number of anilines is 1. The molecule has 0 spiro atoms. The van der Waals surface area contributed by atoms with E-state index in [4.69, 9.17) is 10.5 Å². The van der Waals surface area contributed by atoms with Gasteiger partial charge in [0.05, 0.1) is 0 Å². The molecular formula is C14H20N2O2. The van der Waals surface area contributed by atoms with Crippen molar-refractivity contribution in [2.24, 2.45) is 5.41 Å². The van der Waals surface area contributed by atoms with Crippen molar-refractivity contribution in [1.29, 1.82) is 0 Å². The number of amides is 1. The summed E-state index contributed by atoms with van der Waals surface area (Å²) in [6.07, 6.45) is 1.05. The first-order valence-corrected chi connectivity index (χ1v) is 6.22. The fraction of sp³-hybridized carbons (Fsp3) is 0.500. The molecule has 4 nitrogen and oxygen atoms in total. The quantitative estimate of drug-likeness (QED) is 0.831. The predicted molar refractivity (Wildman–Crippen MR) is 71.3 cm³/mol. The molecular weight excluding hydrogens is 228 g/mol. The lowest BCUT2D eigenvalue weighted by Crippen LogP contribution is -2.34. The van der Waals surface area contributed by atoms with Gasteiger partial charge in [-0.3, -0.25) is 4.79 Å². The molecule has 4 heteroatoms. The van der Waals surface area contributed by atoms with E-state index < -0.39 is 0 Å². The van der Waals surface area contributed by atoms with Crippen LogP contribution in [0.15, 0.2) is 24.3 Å². The minimum atomic E-state index is 0.0444. The van der Waals surface area contributed by atoms with Gasteiger partial charge in [-0.15, -0.1) is 0 Å². The highest BCUT2D eigenvalue weighted by Crippen LogP contribution is 2.28. The minimum Gasteiger partial charge on any atom is -0.484 e. The molecule has 0 saturated carbocycles. The molecule has 0 aromatic heterocycles. The van der Waals surface area contributed by atoms with Crippen LogP contribution in [0.2, 0.25) is 0 Å². The van der Waals surface area contributed by atoms with Gasteiger partial charge in [0.1, 0.15) is 5.75 Å². The summed E-state index contributed by atoms with van der Waals surface area (Å²) in [5.74, 6) is 0.685. The zero-order chi connectivity index (χ0) is 13.2. The van der Waals surface area contributed by atoms with Crippen LogP contribution in [0, 0.1) is 5.41 Å². The Morgan fingerprint density at radius 3 is 2.89 bits per heavy atom. The SMILES string of the molecule is CC1(C)CCN(C(=O)COc2cccc(N)c2)C1. The molecule has 2 N–H and O–H groups in total. The molecule has 1 aliphatic rings. The molecule has 18 heavy (non-hydrogen) atoms. The molecule has 1 fully saturated rings. The van der Waals surface area contributed by atoms with Crippen LogP contribution in [-0.2, 0) is 4.79 Å². The Kier molecular flexibility index (Phi) is 3.45. The number of likely N-dealkylation sites (tertiary alicyclic amines) is 1. The fourth-order valence-electron chi connectivity index (χ4n) is 2.17. The van der Waals surface area contributed by atoms with E-state index in [1.165, 1.54) is 0 Å². The number of nitrogens with zero attached hydrogens (tertiary/aromatic N) is 1. The average molecular weight is 248 g/mol. The van der Waals surface area contributed by atoms with Gasteiger partial charge in [-0.2, -0.15) is 0 Å². The van der Waals surface area contributed by atoms with Crippen LogP contribution >= 0.6 is 0 Å². The van der Waals surface area contributed by atoms with Crippen LogP contribution in [0.25, 0.3) is 0 Å². The molecule has 1 aromatic carbocycles. The third kappa shape index (κ3) is 3.15. The highest BCUT2D eigenvalue weighted by Gasteiger charge is 2.31. The van der Waals surface area contributed by atoms with Crippen molar-refractivity contribution in [1.82, 2.24) is 4.90 Å². The Morgan fingerprint density at radius 1 is 1.50 bits per heavy atom. The van der Waals surface area contributed by atoms with Crippen molar-refractivity contribution in [2.45, 2.75) is 20.3 Å². The Morgan fingerprint density at radius 2 is 2.28 bits per heavy atom. The van der Waals surface area contributed by atoms with Crippen LogP contribution in [0.5, 0.6) is 5.75 Å². The summed E-state index contributed by atoms with van der Waals surface area (Å²) in [6, 6.07) is 7.13. The second kappa shape index (κ2) is 4.88.